The summed E-state index contributed by atoms with van der Waals surface area (Å²) in [5.41, 5.74) is 2.65. The second kappa shape index (κ2) is 5.06. The van der Waals surface area contributed by atoms with E-state index in [0.717, 1.165) is 33.7 Å². The summed E-state index contributed by atoms with van der Waals surface area (Å²) in [7, 11) is 0. The van der Waals surface area contributed by atoms with Crippen LogP contribution in [-0.4, -0.2) is 16.8 Å². The van der Waals surface area contributed by atoms with E-state index in [9.17, 15) is 0 Å². The van der Waals surface area contributed by atoms with Crippen LogP contribution in [-0.2, 0) is 0 Å². The van der Waals surface area contributed by atoms with Gasteiger partial charge in [-0.15, -0.1) is 11.3 Å². The molecule has 6 heteroatoms. The first kappa shape index (κ1) is 12.2. The molecule has 0 unspecified atom stereocenters. The maximum absolute atomic E-state index is 5.36. The number of fused-ring (bicyclic) bond motifs is 1. The molecule has 21 heavy (non-hydrogen) atoms. The van der Waals surface area contributed by atoms with Gasteiger partial charge in [-0.1, -0.05) is 6.07 Å². The minimum atomic E-state index is 0.278. The predicted molar refractivity (Wildman–Crippen MR) is 81.2 cm³/mol. The Kier molecular flexibility index (Phi) is 2.93. The van der Waals surface area contributed by atoms with Crippen LogP contribution < -0.4 is 14.8 Å². The van der Waals surface area contributed by atoms with Crippen molar-refractivity contribution in [2.75, 3.05) is 12.1 Å². The highest BCUT2D eigenvalue weighted by Gasteiger charge is 2.13. The summed E-state index contributed by atoms with van der Waals surface area (Å²) in [6, 6.07) is 11.5. The molecule has 3 aromatic rings. The highest BCUT2D eigenvalue weighted by atomic mass is 32.1. The normalized spacial score (nSPS) is 12.4. The zero-order valence-electron chi connectivity index (χ0n) is 10.9. The van der Waals surface area contributed by atoms with E-state index in [1.165, 1.54) is 11.3 Å². The number of ether oxygens (including phenoxy) is 2. The summed E-state index contributed by atoms with van der Waals surface area (Å²) >= 11 is 1.54. The van der Waals surface area contributed by atoms with Crippen molar-refractivity contribution < 1.29 is 9.47 Å². The van der Waals surface area contributed by atoms with E-state index in [1.54, 1.807) is 6.20 Å². The second-order valence-electron chi connectivity index (χ2n) is 4.45. The Morgan fingerprint density at radius 1 is 1.05 bits per heavy atom. The van der Waals surface area contributed by atoms with Crippen molar-refractivity contribution in [2.45, 2.75) is 0 Å². The van der Waals surface area contributed by atoms with Gasteiger partial charge < -0.3 is 14.8 Å². The average Bonchev–Trinajstić information content (AvgIpc) is 3.17. The summed E-state index contributed by atoms with van der Waals surface area (Å²) < 4.78 is 10.7. The van der Waals surface area contributed by atoms with Crippen LogP contribution in [0.5, 0.6) is 11.5 Å². The van der Waals surface area contributed by atoms with Gasteiger partial charge in [-0.3, -0.25) is 4.98 Å². The highest BCUT2D eigenvalue weighted by Crippen LogP contribution is 2.35. The van der Waals surface area contributed by atoms with Gasteiger partial charge in [-0.05, 0) is 24.3 Å². The molecular formula is C15H11N3O2S. The van der Waals surface area contributed by atoms with Gasteiger partial charge in [0.25, 0.3) is 0 Å². The SMILES string of the molecule is c1ccc(-c2csc(Nc3ccc4c(c3)OCO4)n2)nc1. The van der Waals surface area contributed by atoms with Crippen molar-refractivity contribution in [3.63, 3.8) is 0 Å². The summed E-state index contributed by atoms with van der Waals surface area (Å²) in [6.45, 7) is 0.278. The first-order valence-corrected chi connectivity index (χ1v) is 7.30. The maximum atomic E-state index is 5.36. The van der Waals surface area contributed by atoms with E-state index in [-0.39, 0.29) is 6.79 Å². The van der Waals surface area contributed by atoms with E-state index in [0.29, 0.717) is 0 Å². The number of thiazole rings is 1. The molecule has 2 aromatic heterocycles. The number of nitrogens with one attached hydrogen (secondary N) is 1. The van der Waals surface area contributed by atoms with E-state index in [2.05, 4.69) is 15.3 Å². The largest absolute Gasteiger partial charge is 0.454 e. The monoisotopic (exact) mass is 297 g/mol. The zero-order valence-corrected chi connectivity index (χ0v) is 11.8. The summed E-state index contributed by atoms with van der Waals surface area (Å²) in [4.78, 5) is 8.84. The number of pyridine rings is 1. The lowest BCUT2D eigenvalue weighted by Gasteiger charge is -2.03. The van der Waals surface area contributed by atoms with E-state index in [4.69, 9.17) is 9.47 Å². The molecule has 0 radical (unpaired) electrons. The molecule has 3 heterocycles. The molecule has 1 aromatic carbocycles. The molecule has 0 spiro atoms. The van der Waals surface area contributed by atoms with Crippen LogP contribution in [0.3, 0.4) is 0 Å². The molecule has 0 atom stereocenters. The van der Waals surface area contributed by atoms with Crippen molar-refractivity contribution >= 4 is 22.2 Å². The third-order valence-electron chi connectivity index (χ3n) is 3.06. The summed E-state index contributed by atoms with van der Waals surface area (Å²) in [5.74, 6) is 1.52. The minimum Gasteiger partial charge on any atom is -0.454 e. The maximum Gasteiger partial charge on any atom is 0.231 e. The first-order chi connectivity index (χ1) is 10.4. The van der Waals surface area contributed by atoms with Gasteiger partial charge in [0.1, 0.15) is 5.69 Å². The lowest BCUT2D eigenvalue weighted by Crippen LogP contribution is -1.93. The van der Waals surface area contributed by atoms with Crippen LogP contribution in [0.15, 0.2) is 48.0 Å². The Balaban J connectivity index is 1.57. The van der Waals surface area contributed by atoms with Gasteiger partial charge in [0.2, 0.25) is 6.79 Å². The van der Waals surface area contributed by atoms with Gasteiger partial charge in [-0.2, -0.15) is 0 Å². The quantitative estimate of drug-likeness (QED) is 0.799. The van der Waals surface area contributed by atoms with Crippen molar-refractivity contribution in [3.8, 4) is 22.9 Å². The number of nitrogens with zero attached hydrogens (tertiary/aromatic N) is 2. The van der Waals surface area contributed by atoms with Crippen molar-refractivity contribution in [3.05, 3.63) is 48.0 Å². The molecular weight excluding hydrogens is 286 g/mol. The van der Waals surface area contributed by atoms with Crippen LogP contribution in [0.1, 0.15) is 0 Å². The molecule has 0 bridgehead atoms. The van der Waals surface area contributed by atoms with Gasteiger partial charge in [0.15, 0.2) is 16.6 Å². The Bertz CT molecular complexity index is 774. The molecule has 1 aliphatic rings. The smallest absolute Gasteiger partial charge is 0.231 e. The number of benzene rings is 1. The first-order valence-electron chi connectivity index (χ1n) is 6.42. The summed E-state index contributed by atoms with van der Waals surface area (Å²) in [5, 5.41) is 6.07. The molecule has 5 nitrogen and oxygen atoms in total. The highest BCUT2D eigenvalue weighted by molar-refractivity contribution is 7.14. The van der Waals surface area contributed by atoms with E-state index in [1.807, 2.05) is 41.8 Å². The minimum absolute atomic E-state index is 0.278. The van der Waals surface area contributed by atoms with Crippen LogP contribution in [0, 0.1) is 0 Å². The van der Waals surface area contributed by atoms with Gasteiger partial charge >= 0.3 is 0 Å². The van der Waals surface area contributed by atoms with Gasteiger partial charge in [0.05, 0.1) is 5.69 Å². The van der Waals surface area contributed by atoms with Gasteiger partial charge in [-0.25, -0.2) is 4.98 Å². The Morgan fingerprint density at radius 2 is 2.00 bits per heavy atom. The number of rotatable bonds is 3. The van der Waals surface area contributed by atoms with E-state index >= 15 is 0 Å². The fourth-order valence-electron chi connectivity index (χ4n) is 2.06. The lowest BCUT2D eigenvalue weighted by molar-refractivity contribution is 0.174. The van der Waals surface area contributed by atoms with Gasteiger partial charge in [0, 0.05) is 23.3 Å². The van der Waals surface area contributed by atoms with E-state index < -0.39 is 0 Å². The second-order valence-corrected chi connectivity index (χ2v) is 5.30. The number of hydrogen-bond acceptors (Lipinski definition) is 6. The van der Waals surface area contributed by atoms with Crippen LogP contribution in [0.25, 0.3) is 11.4 Å². The third kappa shape index (κ3) is 2.41. The molecule has 0 aliphatic carbocycles. The molecule has 0 saturated heterocycles. The lowest BCUT2D eigenvalue weighted by atomic mass is 10.3. The molecule has 1 N–H and O–H groups in total. The van der Waals surface area contributed by atoms with Crippen LogP contribution in [0.2, 0.25) is 0 Å². The zero-order chi connectivity index (χ0) is 14.1. The Morgan fingerprint density at radius 3 is 2.90 bits per heavy atom. The van der Waals surface area contributed by atoms with Crippen LogP contribution in [0.4, 0.5) is 10.8 Å². The number of aromatic nitrogens is 2. The molecule has 0 fully saturated rings. The predicted octanol–water partition coefficient (Wildman–Crippen LogP) is 3.68. The van der Waals surface area contributed by atoms with Crippen molar-refractivity contribution in [1.29, 1.82) is 0 Å². The molecule has 1 aliphatic heterocycles. The average molecular weight is 297 g/mol. The Hall–Kier alpha value is -2.60. The summed E-state index contributed by atoms with van der Waals surface area (Å²) in [6.07, 6.45) is 1.76. The fourth-order valence-corrected chi connectivity index (χ4v) is 2.79. The molecule has 0 amide bonds. The fraction of sp³-hybridized carbons (Fsp3) is 0.0667. The molecule has 0 saturated carbocycles. The number of hydrogen-bond donors (Lipinski definition) is 1. The third-order valence-corrected chi connectivity index (χ3v) is 3.81. The topological polar surface area (TPSA) is 56.3 Å². The van der Waals surface area contributed by atoms with Crippen molar-refractivity contribution in [1.82, 2.24) is 9.97 Å². The van der Waals surface area contributed by atoms with Crippen molar-refractivity contribution in [2.24, 2.45) is 0 Å². The molecule has 4 rings (SSSR count). The molecule has 104 valence electrons. The standard InChI is InChI=1S/C15H11N3O2S/c1-2-6-16-11(3-1)12-8-21-15(18-12)17-10-4-5-13-14(7-10)20-9-19-13/h1-8H,9H2,(H,17,18). The van der Waals surface area contributed by atoms with Crippen LogP contribution >= 0.6 is 11.3 Å². The number of anilines is 2. The Labute approximate surface area is 125 Å².